The number of halogens is 1. The van der Waals surface area contributed by atoms with Crippen molar-refractivity contribution in [1.82, 2.24) is 4.98 Å². The molecule has 1 heterocycles. The molecule has 0 aliphatic heterocycles. The van der Waals surface area contributed by atoms with Crippen molar-refractivity contribution in [2.75, 3.05) is 0 Å². The molecule has 0 fully saturated rings. The van der Waals surface area contributed by atoms with Crippen LogP contribution in [0.3, 0.4) is 0 Å². The molecule has 0 amide bonds. The van der Waals surface area contributed by atoms with Gasteiger partial charge in [0.2, 0.25) is 0 Å². The minimum atomic E-state index is -0.370. The Bertz CT molecular complexity index is 575. The first kappa shape index (κ1) is 9.86. The Labute approximate surface area is 85.7 Å². The van der Waals surface area contributed by atoms with Gasteiger partial charge in [-0.3, -0.25) is 4.79 Å². The zero-order valence-corrected chi connectivity index (χ0v) is 8.30. The smallest absolute Gasteiger partial charge is 0.192 e. The zero-order valence-electron chi connectivity index (χ0n) is 8.30. The highest BCUT2D eigenvalue weighted by Crippen LogP contribution is 2.12. The summed E-state index contributed by atoms with van der Waals surface area (Å²) in [5.41, 5.74) is 7.13. The predicted octanol–water partition coefficient (Wildman–Crippen LogP) is 1.43. The summed E-state index contributed by atoms with van der Waals surface area (Å²) in [5.74, 6) is -0.370. The van der Waals surface area contributed by atoms with Gasteiger partial charge in [-0.25, -0.2) is 4.39 Å². The Morgan fingerprint density at radius 1 is 1.47 bits per heavy atom. The van der Waals surface area contributed by atoms with E-state index in [9.17, 15) is 9.18 Å². The molecule has 1 aromatic heterocycles. The number of hydrogen-bond donors (Lipinski definition) is 2. The average Bonchev–Trinajstić information content (AvgIpc) is 2.23. The van der Waals surface area contributed by atoms with Gasteiger partial charge in [-0.2, -0.15) is 0 Å². The quantitative estimate of drug-likeness (QED) is 0.741. The Kier molecular flexibility index (Phi) is 2.28. The van der Waals surface area contributed by atoms with Gasteiger partial charge in [-0.05, 0) is 25.1 Å². The lowest BCUT2D eigenvalue weighted by Crippen LogP contribution is -2.14. The topological polar surface area (TPSA) is 58.9 Å². The fourth-order valence-corrected chi connectivity index (χ4v) is 1.62. The zero-order chi connectivity index (χ0) is 11.0. The minimum absolute atomic E-state index is 0.0933. The molecule has 78 valence electrons. The maximum absolute atomic E-state index is 13.0. The molecule has 15 heavy (non-hydrogen) atoms. The summed E-state index contributed by atoms with van der Waals surface area (Å²) < 4.78 is 13.0. The van der Waals surface area contributed by atoms with E-state index in [1.165, 1.54) is 18.2 Å². The van der Waals surface area contributed by atoms with Crippen LogP contribution in [0, 0.1) is 12.7 Å². The number of hydrogen-bond acceptors (Lipinski definition) is 2. The monoisotopic (exact) mass is 206 g/mol. The van der Waals surface area contributed by atoms with Crippen molar-refractivity contribution in [3.63, 3.8) is 0 Å². The highest BCUT2D eigenvalue weighted by Gasteiger charge is 2.07. The van der Waals surface area contributed by atoms with Crippen LogP contribution in [-0.2, 0) is 6.54 Å². The van der Waals surface area contributed by atoms with Gasteiger partial charge in [0.05, 0.1) is 5.52 Å². The summed E-state index contributed by atoms with van der Waals surface area (Å²) in [5, 5.41) is 0.492. The third-order valence-electron chi connectivity index (χ3n) is 2.51. The van der Waals surface area contributed by atoms with Gasteiger partial charge in [0, 0.05) is 23.2 Å². The molecule has 4 heteroatoms. The van der Waals surface area contributed by atoms with E-state index in [0.29, 0.717) is 22.2 Å². The summed E-state index contributed by atoms with van der Waals surface area (Å²) in [6, 6.07) is 4.06. The summed E-state index contributed by atoms with van der Waals surface area (Å²) in [4.78, 5) is 14.8. The normalized spacial score (nSPS) is 10.9. The number of rotatable bonds is 1. The van der Waals surface area contributed by atoms with Crippen molar-refractivity contribution >= 4 is 10.9 Å². The molecule has 0 aliphatic carbocycles. The van der Waals surface area contributed by atoms with Gasteiger partial charge < -0.3 is 10.7 Å². The molecule has 3 N–H and O–H groups in total. The maximum atomic E-state index is 13.0. The van der Waals surface area contributed by atoms with E-state index < -0.39 is 0 Å². The molecule has 3 nitrogen and oxygen atoms in total. The Hall–Kier alpha value is -1.68. The second-order valence-electron chi connectivity index (χ2n) is 3.45. The number of pyridine rings is 1. The van der Waals surface area contributed by atoms with Crippen molar-refractivity contribution < 1.29 is 4.39 Å². The van der Waals surface area contributed by atoms with E-state index in [1.54, 1.807) is 6.92 Å². The Morgan fingerprint density at radius 2 is 2.20 bits per heavy atom. The van der Waals surface area contributed by atoms with Crippen molar-refractivity contribution in [3.05, 3.63) is 45.5 Å². The molecule has 0 saturated heterocycles. The van der Waals surface area contributed by atoms with Crippen molar-refractivity contribution in [2.45, 2.75) is 13.5 Å². The second kappa shape index (κ2) is 3.47. The van der Waals surface area contributed by atoms with Crippen LogP contribution in [0.15, 0.2) is 23.0 Å². The van der Waals surface area contributed by atoms with Crippen LogP contribution in [0.25, 0.3) is 10.9 Å². The Balaban J connectivity index is 2.91. The highest BCUT2D eigenvalue weighted by molar-refractivity contribution is 5.79. The lowest BCUT2D eigenvalue weighted by molar-refractivity contribution is 0.629. The Morgan fingerprint density at radius 3 is 2.87 bits per heavy atom. The second-order valence-corrected chi connectivity index (χ2v) is 3.45. The third-order valence-corrected chi connectivity index (χ3v) is 2.51. The number of nitrogens with two attached hydrogens (primary N) is 1. The summed E-state index contributed by atoms with van der Waals surface area (Å²) in [6.07, 6.45) is 0. The minimum Gasteiger partial charge on any atom is -0.357 e. The molecule has 0 spiro atoms. The van der Waals surface area contributed by atoms with Crippen LogP contribution < -0.4 is 11.2 Å². The van der Waals surface area contributed by atoms with Gasteiger partial charge in [-0.15, -0.1) is 0 Å². The van der Waals surface area contributed by atoms with E-state index in [0.717, 1.165) is 0 Å². The molecule has 0 unspecified atom stereocenters. The van der Waals surface area contributed by atoms with E-state index in [2.05, 4.69) is 4.98 Å². The van der Waals surface area contributed by atoms with Gasteiger partial charge in [0.1, 0.15) is 5.82 Å². The number of H-pyrrole nitrogens is 1. The standard InChI is InChI=1S/C11H11FN2O/c1-6-10(5-13)14-9-4-7(12)2-3-8(9)11(6)15/h2-4H,5,13H2,1H3,(H,14,15). The predicted molar refractivity (Wildman–Crippen MR) is 57.2 cm³/mol. The first-order chi connectivity index (χ1) is 7.13. The molecule has 0 bridgehead atoms. The van der Waals surface area contributed by atoms with Crippen LogP contribution in [0.1, 0.15) is 11.3 Å². The van der Waals surface area contributed by atoms with Crippen molar-refractivity contribution in [1.29, 1.82) is 0 Å². The maximum Gasteiger partial charge on any atom is 0.192 e. The van der Waals surface area contributed by atoms with Gasteiger partial charge >= 0.3 is 0 Å². The number of fused-ring (bicyclic) bond motifs is 1. The molecule has 0 aliphatic rings. The van der Waals surface area contributed by atoms with Crippen LogP contribution in [0.2, 0.25) is 0 Å². The molecular formula is C11H11FN2O. The van der Waals surface area contributed by atoms with E-state index >= 15 is 0 Å². The lowest BCUT2D eigenvalue weighted by Gasteiger charge is -2.05. The molecular weight excluding hydrogens is 195 g/mol. The number of nitrogens with one attached hydrogen (secondary N) is 1. The van der Waals surface area contributed by atoms with E-state index in [1.807, 2.05) is 0 Å². The average molecular weight is 206 g/mol. The first-order valence-electron chi connectivity index (χ1n) is 4.64. The lowest BCUT2D eigenvalue weighted by atomic mass is 10.1. The third kappa shape index (κ3) is 1.53. The van der Waals surface area contributed by atoms with Crippen LogP contribution in [0.5, 0.6) is 0 Å². The van der Waals surface area contributed by atoms with Crippen LogP contribution >= 0.6 is 0 Å². The number of aromatic amines is 1. The fourth-order valence-electron chi connectivity index (χ4n) is 1.62. The van der Waals surface area contributed by atoms with E-state index in [-0.39, 0.29) is 17.8 Å². The molecule has 0 radical (unpaired) electrons. The first-order valence-corrected chi connectivity index (χ1v) is 4.64. The largest absolute Gasteiger partial charge is 0.357 e. The van der Waals surface area contributed by atoms with Gasteiger partial charge in [-0.1, -0.05) is 0 Å². The van der Waals surface area contributed by atoms with Gasteiger partial charge in [0.15, 0.2) is 5.43 Å². The van der Waals surface area contributed by atoms with Crippen LogP contribution in [-0.4, -0.2) is 4.98 Å². The van der Waals surface area contributed by atoms with Crippen molar-refractivity contribution in [3.8, 4) is 0 Å². The summed E-state index contributed by atoms with van der Waals surface area (Å²) >= 11 is 0. The van der Waals surface area contributed by atoms with Gasteiger partial charge in [0.25, 0.3) is 0 Å². The summed E-state index contributed by atoms with van der Waals surface area (Å²) in [6.45, 7) is 1.96. The SMILES string of the molecule is Cc1c(CN)[nH]c2cc(F)ccc2c1=O. The highest BCUT2D eigenvalue weighted by atomic mass is 19.1. The number of benzene rings is 1. The van der Waals surface area contributed by atoms with E-state index in [4.69, 9.17) is 5.73 Å². The molecule has 1 aromatic carbocycles. The number of aromatic nitrogens is 1. The van der Waals surface area contributed by atoms with Crippen molar-refractivity contribution in [2.24, 2.45) is 5.73 Å². The fraction of sp³-hybridized carbons (Fsp3) is 0.182. The van der Waals surface area contributed by atoms with Crippen LogP contribution in [0.4, 0.5) is 4.39 Å². The molecule has 2 rings (SSSR count). The molecule has 0 atom stereocenters. The molecule has 2 aromatic rings. The summed E-state index contributed by atoms with van der Waals surface area (Å²) in [7, 11) is 0. The molecule has 0 saturated carbocycles.